The number of anilines is 1. The van der Waals surface area contributed by atoms with Crippen molar-refractivity contribution in [1.29, 1.82) is 0 Å². The Morgan fingerprint density at radius 3 is 2.57 bits per heavy atom. The van der Waals surface area contributed by atoms with Crippen molar-refractivity contribution in [2.75, 3.05) is 31.1 Å². The normalized spacial score (nSPS) is 14.4. The number of carbonyl (C=O) groups excluding carboxylic acids is 1. The second kappa shape index (κ2) is 8.32. The van der Waals surface area contributed by atoms with Crippen molar-refractivity contribution in [3.63, 3.8) is 0 Å². The summed E-state index contributed by atoms with van der Waals surface area (Å²) in [4.78, 5) is 27.3. The zero-order chi connectivity index (χ0) is 21.1. The van der Waals surface area contributed by atoms with Crippen molar-refractivity contribution in [2.24, 2.45) is 0 Å². The SMILES string of the molecule is O=C(c1ccn(-c2cccc([N+](=O)[O-])c2)n1)N1CCCN(c2ccc(F)cc2)CC1. The van der Waals surface area contributed by atoms with Gasteiger partial charge in [-0.3, -0.25) is 14.9 Å². The van der Waals surface area contributed by atoms with Crippen LogP contribution in [0.3, 0.4) is 0 Å². The van der Waals surface area contributed by atoms with E-state index < -0.39 is 4.92 Å². The number of amides is 1. The van der Waals surface area contributed by atoms with Gasteiger partial charge in [0.2, 0.25) is 0 Å². The van der Waals surface area contributed by atoms with Crippen LogP contribution in [0, 0.1) is 15.9 Å². The Kier molecular flexibility index (Phi) is 5.42. The third-order valence-corrected chi connectivity index (χ3v) is 5.09. The second-order valence-electron chi connectivity index (χ2n) is 7.03. The Balaban J connectivity index is 1.45. The fourth-order valence-corrected chi connectivity index (χ4v) is 3.52. The average Bonchev–Trinajstić information content (AvgIpc) is 3.12. The maximum atomic E-state index is 13.2. The molecule has 0 spiro atoms. The summed E-state index contributed by atoms with van der Waals surface area (Å²) in [6.45, 7) is 2.54. The van der Waals surface area contributed by atoms with Gasteiger partial charge in [-0.2, -0.15) is 5.10 Å². The lowest BCUT2D eigenvalue weighted by Gasteiger charge is -2.23. The molecular weight excluding hydrogens is 389 g/mol. The highest BCUT2D eigenvalue weighted by molar-refractivity contribution is 5.92. The van der Waals surface area contributed by atoms with Gasteiger partial charge in [-0.15, -0.1) is 0 Å². The number of rotatable bonds is 4. The number of nitrogens with zero attached hydrogens (tertiary/aromatic N) is 5. The third kappa shape index (κ3) is 4.14. The summed E-state index contributed by atoms with van der Waals surface area (Å²) < 4.78 is 14.6. The molecule has 0 saturated carbocycles. The van der Waals surface area contributed by atoms with Gasteiger partial charge >= 0.3 is 0 Å². The van der Waals surface area contributed by atoms with Crippen LogP contribution >= 0.6 is 0 Å². The van der Waals surface area contributed by atoms with E-state index in [1.807, 2.05) is 0 Å². The highest BCUT2D eigenvalue weighted by atomic mass is 19.1. The minimum Gasteiger partial charge on any atom is -0.370 e. The van der Waals surface area contributed by atoms with E-state index in [1.165, 1.54) is 28.9 Å². The van der Waals surface area contributed by atoms with Crippen molar-refractivity contribution in [2.45, 2.75) is 6.42 Å². The number of nitro groups is 1. The van der Waals surface area contributed by atoms with E-state index >= 15 is 0 Å². The smallest absolute Gasteiger partial charge is 0.274 e. The van der Waals surface area contributed by atoms with Crippen molar-refractivity contribution < 1.29 is 14.1 Å². The quantitative estimate of drug-likeness (QED) is 0.488. The van der Waals surface area contributed by atoms with Gasteiger partial charge in [-0.05, 0) is 42.8 Å². The molecule has 4 rings (SSSR count). The number of non-ortho nitro benzene ring substituents is 1. The average molecular weight is 409 g/mol. The molecule has 30 heavy (non-hydrogen) atoms. The molecule has 154 valence electrons. The van der Waals surface area contributed by atoms with Gasteiger partial charge in [0, 0.05) is 50.2 Å². The zero-order valence-electron chi connectivity index (χ0n) is 16.1. The van der Waals surface area contributed by atoms with Gasteiger partial charge in [-0.1, -0.05) is 6.07 Å². The largest absolute Gasteiger partial charge is 0.370 e. The summed E-state index contributed by atoms with van der Waals surface area (Å²) in [5.74, 6) is -0.454. The molecule has 0 radical (unpaired) electrons. The van der Waals surface area contributed by atoms with Gasteiger partial charge in [0.05, 0.1) is 10.6 Å². The molecule has 9 heteroatoms. The van der Waals surface area contributed by atoms with Crippen LogP contribution < -0.4 is 4.90 Å². The van der Waals surface area contributed by atoms with E-state index in [0.717, 1.165) is 18.7 Å². The topological polar surface area (TPSA) is 84.5 Å². The molecular formula is C21H20FN5O3. The van der Waals surface area contributed by atoms with Crippen LogP contribution in [0.25, 0.3) is 5.69 Å². The second-order valence-corrected chi connectivity index (χ2v) is 7.03. The molecule has 2 aromatic carbocycles. The molecule has 1 aromatic heterocycles. The van der Waals surface area contributed by atoms with Gasteiger partial charge in [0.1, 0.15) is 5.82 Å². The Morgan fingerprint density at radius 1 is 1.00 bits per heavy atom. The number of nitro benzene ring substituents is 1. The summed E-state index contributed by atoms with van der Waals surface area (Å²) in [6.07, 6.45) is 2.41. The zero-order valence-corrected chi connectivity index (χ0v) is 16.1. The van der Waals surface area contributed by atoms with Crippen LogP contribution in [-0.4, -0.2) is 51.7 Å². The summed E-state index contributed by atoms with van der Waals surface area (Å²) in [5.41, 5.74) is 1.70. The predicted octanol–water partition coefficient (Wildman–Crippen LogP) is 3.27. The summed E-state index contributed by atoms with van der Waals surface area (Å²) >= 11 is 0. The van der Waals surface area contributed by atoms with Crippen molar-refractivity contribution in [3.05, 3.63) is 82.4 Å². The number of carbonyl (C=O) groups is 1. The van der Waals surface area contributed by atoms with E-state index in [2.05, 4.69) is 10.00 Å². The molecule has 2 heterocycles. The van der Waals surface area contributed by atoms with Gasteiger partial charge in [-0.25, -0.2) is 9.07 Å². The van der Waals surface area contributed by atoms with E-state index in [-0.39, 0.29) is 23.1 Å². The van der Waals surface area contributed by atoms with E-state index in [9.17, 15) is 19.3 Å². The standard InChI is InChI=1S/C21H20FN5O3/c22-16-5-7-17(8-6-16)24-10-2-11-25(14-13-24)21(28)20-9-12-26(23-20)18-3-1-4-19(15-18)27(29)30/h1,3-9,12,15H,2,10-11,13-14H2. The molecule has 1 aliphatic heterocycles. The first-order valence-electron chi connectivity index (χ1n) is 9.61. The van der Waals surface area contributed by atoms with Crippen molar-refractivity contribution in [1.82, 2.24) is 14.7 Å². The predicted molar refractivity (Wildman–Crippen MR) is 109 cm³/mol. The first-order valence-corrected chi connectivity index (χ1v) is 9.61. The Morgan fingerprint density at radius 2 is 1.80 bits per heavy atom. The van der Waals surface area contributed by atoms with Crippen LogP contribution in [-0.2, 0) is 0 Å². The number of halogens is 1. The van der Waals surface area contributed by atoms with Crippen LogP contribution in [0.4, 0.5) is 15.8 Å². The van der Waals surface area contributed by atoms with E-state index in [4.69, 9.17) is 0 Å². The first-order chi connectivity index (χ1) is 14.5. The molecule has 1 saturated heterocycles. The van der Waals surface area contributed by atoms with Crippen LogP contribution in [0.2, 0.25) is 0 Å². The van der Waals surface area contributed by atoms with Gasteiger partial charge in [0.15, 0.2) is 5.69 Å². The Labute approximate surface area is 172 Å². The maximum absolute atomic E-state index is 13.2. The monoisotopic (exact) mass is 409 g/mol. The lowest BCUT2D eigenvalue weighted by Crippen LogP contribution is -2.35. The minimum atomic E-state index is -0.469. The Bertz CT molecular complexity index is 1070. The van der Waals surface area contributed by atoms with Crippen LogP contribution in [0.15, 0.2) is 60.8 Å². The molecule has 0 atom stereocenters. The highest BCUT2D eigenvalue weighted by Gasteiger charge is 2.22. The minimum absolute atomic E-state index is 0.0377. The Hall–Kier alpha value is -3.75. The molecule has 0 unspecified atom stereocenters. The third-order valence-electron chi connectivity index (χ3n) is 5.09. The molecule has 3 aromatic rings. The number of aromatic nitrogens is 2. The highest BCUT2D eigenvalue weighted by Crippen LogP contribution is 2.19. The summed E-state index contributed by atoms with van der Waals surface area (Å²) in [5, 5.41) is 15.3. The van der Waals surface area contributed by atoms with Crippen LogP contribution in [0.5, 0.6) is 0 Å². The maximum Gasteiger partial charge on any atom is 0.274 e. The molecule has 0 N–H and O–H groups in total. The van der Waals surface area contributed by atoms with Crippen molar-refractivity contribution in [3.8, 4) is 5.69 Å². The number of hydrogen-bond donors (Lipinski definition) is 0. The molecule has 1 fully saturated rings. The lowest BCUT2D eigenvalue weighted by atomic mass is 10.2. The fraction of sp³-hybridized carbons (Fsp3) is 0.238. The summed E-state index contributed by atoms with van der Waals surface area (Å²) in [7, 11) is 0. The molecule has 0 bridgehead atoms. The first kappa shape index (κ1) is 19.6. The van der Waals surface area contributed by atoms with Crippen LogP contribution in [0.1, 0.15) is 16.9 Å². The van der Waals surface area contributed by atoms with Gasteiger partial charge in [0.25, 0.3) is 11.6 Å². The van der Waals surface area contributed by atoms with Crippen molar-refractivity contribution >= 4 is 17.3 Å². The van der Waals surface area contributed by atoms with E-state index in [0.29, 0.717) is 25.3 Å². The molecule has 8 nitrogen and oxygen atoms in total. The molecule has 0 aliphatic carbocycles. The van der Waals surface area contributed by atoms with Gasteiger partial charge < -0.3 is 9.80 Å². The number of benzene rings is 2. The lowest BCUT2D eigenvalue weighted by molar-refractivity contribution is -0.384. The number of hydrogen-bond acceptors (Lipinski definition) is 5. The summed E-state index contributed by atoms with van der Waals surface area (Å²) in [6, 6.07) is 14.1. The fourth-order valence-electron chi connectivity index (χ4n) is 3.52. The molecule has 1 amide bonds. The molecule has 1 aliphatic rings. The van der Waals surface area contributed by atoms with E-state index in [1.54, 1.807) is 41.4 Å².